The number of aromatic nitrogens is 2. The number of aliphatic hydroxyl groups excluding tert-OH is 1. The van der Waals surface area contributed by atoms with Gasteiger partial charge in [-0.15, -0.1) is 0 Å². The molecule has 0 radical (unpaired) electrons. The van der Waals surface area contributed by atoms with E-state index in [2.05, 4.69) is 24.3 Å². The van der Waals surface area contributed by atoms with Gasteiger partial charge in [-0.3, -0.25) is 4.68 Å². The van der Waals surface area contributed by atoms with Crippen molar-refractivity contribution in [2.24, 2.45) is 0 Å². The molecule has 0 spiro atoms. The Morgan fingerprint density at radius 1 is 1.33 bits per heavy atom. The van der Waals surface area contributed by atoms with Gasteiger partial charge in [0.15, 0.2) is 0 Å². The maximum absolute atomic E-state index is 9.54. The molecule has 5 heteroatoms. The van der Waals surface area contributed by atoms with Crippen LogP contribution in [-0.2, 0) is 13.1 Å². The molecule has 104 valence electrons. The van der Waals surface area contributed by atoms with Crippen LogP contribution in [0.1, 0.15) is 45.0 Å². The average molecular weight is 274 g/mol. The fraction of sp³-hybridized carbons (Fsp3) is 0.769. The molecule has 0 saturated heterocycles. The molecule has 0 saturated carbocycles. The molecule has 0 amide bonds. The summed E-state index contributed by atoms with van der Waals surface area (Å²) in [6, 6.07) is 0. The largest absolute Gasteiger partial charge is 0.394 e. The summed E-state index contributed by atoms with van der Waals surface area (Å²) in [7, 11) is 0. The molecule has 4 nitrogen and oxygen atoms in total. The van der Waals surface area contributed by atoms with E-state index in [1.807, 2.05) is 18.5 Å². The predicted molar refractivity (Wildman–Crippen MR) is 74.9 cm³/mol. The van der Waals surface area contributed by atoms with Crippen molar-refractivity contribution in [3.63, 3.8) is 0 Å². The van der Waals surface area contributed by atoms with E-state index in [4.69, 9.17) is 11.6 Å². The van der Waals surface area contributed by atoms with Crippen LogP contribution in [0.5, 0.6) is 0 Å². The van der Waals surface area contributed by atoms with Gasteiger partial charge in [0.05, 0.1) is 23.0 Å². The molecule has 0 aromatic carbocycles. The number of aryl methyl sites for hydroxylation is 2. The minimum Gasteiger partial charge on any atom is -0.394 e. The van der Waals surface area contributed by atoms with Crippen molar-refractivity contribution in [2.75, 3.05) is 6.61 Å². The van der Waals surface area contributed by atoms with Gasteiger partial charge in [0, 0.05) is 18.6 Å². The Bertz CT molecular complexity index is 378. The molecule has 1 aromatic rings. The fourth-order valence-corrected chi connectivity index (χ4v) is 2.29. The van der Waals surface area contributed by atoms with Gasteiger partial charge in [-0.2, -0.15) is 5.10 Å². The number of hydrogen-bond acceptors (Lipinski definition) is 3. The van der Waals surface area contributed by atoms with Crippen molar-refractivity contribution in [3.8, 4) is 0 Å². The van der Waals surface area contributed by atoms with Gasteiger partial charge in [-0.05, 0) is 26.7 Å². The summed E-state index contributed by atoms with van der Waals surface area (Å²) in [5.74, 6) is 0. The molecule has 0 unspecified atom stereocenters. The van der Waals surface area contributed by atoms with E-state index in [1.165, 1.54) is 0 Å². The van der Waals surface area contributed by atoms with Crippen LogP contribution in [0.4, 0.5) is 0 Å². The van der Waals surface area contributed by atoms with Crippen molar-refractivity contribution < 1.29 is 5.11 Å². The molecule has 1 aromatic heterocycles. The highest BCUT2D eigenvalue weighted by Crippen LogP contribution is 2.22. The van der Waals surface area contributed by atoms with E-state index in [-0.39, 0.29) is 12.1 Å². The molecule has 0 aliphatic carbocycles. The van der Waals surface area contributed by atoms with Crippen LogP contribution in [0.25, 0.3) is 0 Å². The van der Waals surface area contributed by atoms with Crippen molar-refractivity contribution in [1.82, 2.24) is 15.1 Å². The van der Waals surface area contributed by atoms with Gasteiger partial charge in [0.2, 0.25) is 0 Å². The smallest absolute Gasteiger partial charge is 0.0860 e. The minimum absolute atomic E-state index is 0.136. The number of halogens is 1. The molecular formula is C13H24ClN3O. The third kappa shape index (κ3) is 3.05. The lowest BCUT2D eigenvalue weighted by Gasteiger charge is -2.31. The highest BCUT2D eigenvalue weighted by atomic mass is 35.5. The molecule has 0 aliphatic heterocycles. The summed E-state index contributed by atoms with van der Waals surface area (Å²) in [6.07, 6.45) is 1.77. The Labute approximate surface area is 114 Å². The van der Waals surface area contributed by atoms with Crippen LogP contribution in [0, 0.1) is 6.92 Å². The lowest BCUT2D eigenvalue weighted by molar-refractivity contribution is 0.148. The molecule has 0 bridgehead atoms. The number of nitrogens with zero attached hydrogens (tertiary/aromatic N) is 2. The topological polar surface area (TPSA) is 50.1 Å². The Balaban J connectivity index is 2.85. The summed E-state index contributed by atoms with van der Waals surface area (Å²) in [5, 5.41) is 18.1. The summed E-state index contributed by atoms with van der Waals surface area (Å²) in [6.45, 7) is 9.69. The van der Waals surface area contributed by atoms with E-state index in [1.54, 1.807) is 0 Å². The molecule has 1 rings (SSSR count). The summed E-state index contributed by atoms with van der Waals surface area (Å²) in [5.41, 5.74) is 1.63. The second kappa shape index (κ2) is 6.55. The van der Waals surface area contributed by atoms with Gasteiger partial charge < -0.3 is 10.4 Å². The van der Waals surface area contributed by atoms with E-state index in [0.29, 0.717) is 6.54 Å². The zero-order valence-corrected chi connectivity index (χ0v) is 12.5. The molecule has 0 atom stereocenters. The first-order valence-corrected chi connectivity index (χ1v) is 6.99. The highest BCUT2D eigenvalue weighted by molar-refractivity contribution is 6.31. The lowest BCUT2D eigenvalue weighted by Crippen LogP contribution is -2.47. The van der Waals surface area contributed by atoms with Crippen molar-refractivity contribution >= 4 is 11.6 Å². The van der Waals surface area contributed by atoms with Crippen LogP contribution < -0.4 is 5.32 Å². The first-order valence-electron chi connectivity index (χ1n) is 6.61. The van der Waals surface area contributed by atoms with Crippen molar-refractivity contribution in [2.45, 2.75) is 59.2 Å². The molecule has 18 heavy (non-hydrogen) atoms. The maximum Gasteiger partial charge on any atom is 0.0860 e. The first-order chi connectivity index (χ1) is 8.53. The van der Waals surface area contributed by atoms with Gasteiger partial charge in [0.25, 0.3) is 0 Å². The van der Waals surface area contributed by atoms with E-state index in [9.17, 15) is 5.11 Å². The van der Waals surface area contributed by atoms with Gasteiger partial charge in [-0.25, -0.2) is 0 Å². The molecule has 1 heterocycles. The van der Waals surface area contributed by atoms with Gasteiger partial charge >= 0.3 is 0 Å². The molecule has 0 fully saturated rings. The number of rotatable bonds is 7. The molecule has 0 aliphatic rings. The Morgan fingerprint density at radius 3 is 2.39 bits per heavy atom. The Hall–Kier alpha value is -0.580. The van der Waals surface area contributed by atoms with Crippen LogP contribution in [-0.4, -0.2) is 27.0 Å². The number of aliphatic hydroxyl groups is 1. The first kappa shape index (κ1) is 15.5. The van der Waals surface area contributed by atoms with Crippen LogP contribution in [0.3, 0.4) is 0 Å². The van der Waals surface area contributed by atoms with E-state index < -0.39 is 0 Å². The lowest BCUT2D eigenvalue weighted by atomic mass is 9.94. The summed E-state index contributed by atoms with van der Waals surface area (Å²) < 4.78 is 1.91. The third-order valence-corrected chi connectivity index (χ3v) is 4.23. The quantitative estimate of drug-likeness (QED) is 0.803. The van der Waals surface area contributed by atoms with Gasteiger partial charge in [0.1, 0.15) is 0 Å². The Kier molecular flexibility index (Phi) is 5.63. The number of hydrogen-bond donors (Lipinski definition) is 2. The second-order valence-corrected chi connectivity index (χ2v) is 5.04. The predicted octanol–water partition coefficient (Wildman–Crippen LogP) is 2.51. The minimum atomic E-state index is -0.222. The van der Waals surface area contributed by atoms with E-state index >= 15 is 0 Å². The second-order valence-electron chi connectivity index (χ2n) is 4.66. The van der Waals surface area contributed by atoms with Crippen LogP contribution >= 0.6 is 11.6 Å². The van der Waals surface area contributed by atoms with Crippen molar-refractivity contribution in [3.05, 3.63) is 16.4 Å². The van der Waals surface area contributed by atoms with Gasteiger partial charge in [-0.1, -0.05) is 25.4 Å². The summed E-state index contributed by atoms with van der Waals surface area (Å²) >= 11 is 6.27. The average Bonchev–Trinajstić information content (AvgIpc) is 2.68. The Morgan fingerprint density at radius 2 is 1.94 bits per heavy atom. The highest BCUT2D eigenvalue weighted by Gasteiger charge is 2.25. The third-order valence-electron chi connectivity index (χ3n) is 3.74. The monoisotopic (exact) mass is 273 g/mol. The molecule has 2 N–H and O–H groups in total. The molecular weight excluding hydrogens is 250 g/mol. The van der Waals surface area contributed by atoms with Crippen molar-refractivity contribution in [1.29, 1.82) is 0 Å². The van der Waals surface area contributed by atoms with Crippen LogP contribution in [0.2, 0.25) is 5.02 Å². The summed E-state index contributed by atoms with van der Waals surface area (Å²) in [4.78, 5) is 0. The van der Waals surface area contributed by atoms with Crippen LogP contribution in [0.15, 0.2) is 0 Å². The normalized spacial score (nSPS) is 12.1. The maximum atomic E-state index is 9.54. The fourth-order valence-electron chi connectivity index (χ4n) is 2.09. The zero-order valence-electron chi connectivity index (χ0n) is 11.8. The van der Waals surface area contributed by atoms with E-state index in [0.717, 1.165) is 35.8 Å². The SMILES string of the molecule is CCn1nc(C)c(Cl)c1CNC(CC)(CC)CO. The standard InChI is InChI=1S/C13H24ClN3O/c1-5-13(6-2,9-18)15-8-11-12(14)10(4)16-17(11)7-3/h15,18H,5-9H2,1-4H3. The zero-order chi connectivity index (χ0) is 13.8. The number of nitrogens with one attached hydrogen (secondary N) is 1.